The molecule has 0 heterocycles. The van der Waals surface area contributed by atoms with Crippen LogP contribution >= 0.6 is 23.8 Å². The van der Waals surface area contributed by atoms with E-state index in [4.69, 9.17) is 0 Å². The Morgan fingerprint density at radius 1 is 0.275 bits per heavy atom. The highest BCUT2D eigenvalue weighted by Crippen LogP contribution is 2.63. The van der Waals surface area contributed by atoms with Crippen molar-refractivity contribution in [1.29, 1.82) is 0 Å². The predicted octanol–water partition coefficient (Wildman–Crippen LogP) is 16.6. The Bertz CT molecular complexity index is 963. The van der Waals surface area contributed by atoms with Gasteiger partial charge in [0.1, 0.15) is 0 Å². The Morgan fingerprint density at radius 3 is 0.588 bits per heavy atom. The van der Waals surface area contributed by atoms with Crippen molar-refractivity contribution in [2.45, 2.75) is 266 Å². The summed E-state index contributed by atoms with van der Waals surface area (Å²) in [6, 6.07) is 0. The van der Waals surface area contributed by atoms with Gasteiger partial charge in [-0.1, -0.05) is 139 Å². The van der Waals surface area contributed by atoms with E-state index in [1.807, 2.05) is 33.4 Å². The summed E-state index contributed by atoms with van der Waals surface area (Å²) in [5, 5.41) is 0. The molecule has 6 aliphatic carbocycles. The zero-order valence-electron chi connectivity index (χ0n) is 34.1. The second-order valence-corrected chi connectivity index (χ2v) is 27.5. The van der Waals surface area contributed by atoms with Crippen LogP contribution in [0.5, 0.6) is 0 Å². The summed E-state index contributed by atoms with van der Waals surface area (Å²) in [4.78, 5) is 0. The van der Waals surface area contributed by atoms with Crippen molar-refractivity contribution in [3.05, 3.63) is 33.4 Å². The maximum Gasteiger partial charge on any atom is -0.00627 e. The summed E-state index contributed by atoms with van der Waals surface area (Å²) in [7, 11) is 0.244. The third-order valence-electron chi connectivity index (χ3n) is 16.0. The molecule has 0 unspecified atom stereocenters. The Kier molecular flexibility index (Phi) is 15.6. The monoisotopic (exact) mass is 751 g/mol. The van der Waals surface area contributed by atoms with Gasteiger partial charge in [0.05, 0.1) is 0 Å². The van der Waals surface area contributed by atoms with Crippen molar-refractivity contribution in [1.82, 2.24) is 0 Å². The van der Waals surface area contributed by atoms with Gasteiger partial charge in [0.25, 0.3) is 0 Å². The van der Waals surface area contributed by atoms with E-state index in [9.17, 15) is 0 Å². The van der Waals surface area contributed by atoms with Crippen LogP contribution in [-0.4, -0.2) is 34.0 Å². The highest BCUT2D eigenvalue weighted by Gasteiger charge is 2.37. The fraction of sp³-hybridized carbons (Fsp3) is 0.875. The Balaban J connectivity index is 1.29. The van der Waals surface area contributed by atoms with Gasteiger partial charge in [-0.2, -0.15) is 0 Å². The predicted molar refractivity (Wildman–Crippen MR) is 234 cm³/mol. The fourth-order valence-corrected chi connectivity index (χ4v) is 24.8. The van der Waals surface area contributed by atoms with Gasteiger partial charge in [-0.05, 0) is 184 Å². The van der Waals surface area contributed by atoms with E-state index in [1.165, 1.54) is 134 Å². The van der Waals surface area contributed by atoms with E-state index in [2.05, 4.69) is 20.8 Å². The van der Waals surface area contributed by atoms with Crippen LogP contribution in [0.25, 0.3) is 0 Å². The van der Waals surface area contributed by atoms with E-state index >= 15 is 0 Å². The molecule has 51 heavy (non-hydrogen) atoms. The fourth-order valence-electron chi connectivity index (χ4n) is 12.8. The molecule has 6 saturated carbocycles. The summed E-state index contributed by atoms with van der Waals surface area (Å²) in [5.74, 6) is 0. The Morgan fingerprint density at radius 2 is 0.431 bits per heavy atom. The zero-order chi connectivity index (χ0) is 35.0. The van der Waals surface area contributed by atoms with Gasteiger partial charge in [0.2, 0.25) is 0 Å². The summed E-state index contributed by atoms with van der Waals surface area (Å²) in [5.41, 5.74) is 17.7. The molecule has 0 atom stereocenters. The van der Waals surface area contributed by atoms with E-state index < -0.39 is 0 Å². The molecule has 0 radical (unpaired) electrons. The molecule has 0 nitrogen and oxygen atoms in total. The van der Waals surface area contributed by atoms with E-state index in [0.717, 1.165) is 34.0 Å². The summed E-state index contributed by atoms with van der Waals surface area (Å²) in [6.07, 6.45) is 50.7. The molecule has 288 valence electrons. The smallest absolute Gasteiger partial charge is 0.00627 e. The molecule has 0 aromatic heterocycles. The normalized spacial score (nSPS) is 25.1. The lowest BCUT2D eigenvalue weighted by Crippen LogP contribution is -2.24. The van der Waals surface area contributed by atoms with Gasteiger partial charge in [0.15, 0.2) is 0 Å². The lowest BCUT2D eigenvalue weighted by atomic mass is 9.90. The molecule has 1 aromatic carbocycles. The van der Waals surface area contributed by atoms with E-state index in [0.29, 0.717) is 0 Å². The first-order chi connectivity index (χ1) is 25.1. The molecule has 0 saturated heterocycles. The van der Waals surface area contributed by atoms with Crippen molar-refractivity contribution >= 4 is 23.8 Å². The second kappa shape index (κ2) is 20.1. The van der Waals surface area contributed by atoms with Crippen molar-refractivity contribution in [2.75, 3.05) is 0 Å². The highest BCUT2D eigenvalue weighted by atomic mass is 31.1. The molecule has 0 N–H and O–H groups in total. The summed E-state index contributed by atoms with van der Waals surface area (Å²) < 4.78 is 0. The SMILES string of the molecule is Cc1c(CP(C2CCCCC2)C2CCCCC2)c(C)c(CP(C2CCCCC2)C2CCCCC2)c(C)c1CP(C1CCCCC1)C1CCCCC1. The molecule has 7 rings (SSSR count). The standard InChI is InChI=1S/C48H81P3/c1-37-46(34-49(40-22-10-4-11-23-40)41-24-12-5-13-25-41)38(2)48(36-51(44-30-18-8-19-31-44)45-32-20-9-21-33-45)39(3)47(37)35-50(42-26-14-6-15-27-42)43-28-16-7-17-29-43/h40-45H,4-36H2,1-3H3. The maximum absolute atomic E-state index is 2.70. The Hall–Kier alpha value is 0.510. The number of hydrogen-bond acceptors (Lipinski definition) is 0. The van der Waals surface area contributed by atoms with Gasteiger partial charge >= 0.3 is 0 Å². The largest absolute Gasteiger partial charge is 0.0958 e. The van der Waals surface area contributed by atoms with Crippen LogP contribution < -0.4 is 0 Å². The average Bonchev–Trinajstić information content (AvgIpc) is 3.20. The quantitative estimate of drug-likeness (QED) is 0.187. The van der Waals surface area contributed by atoms with Crippen LogP contribution in [0.4, 0.5) is 0 Å². The Labute approximate surface area is 321 Å². The minimum atomic E-state index is 0.0813. The third-order valence-corrected chi connectivity index (χ3v) is 26.8. The van der Waals surface area contributed by atoms with Crippen LogP contribution in [0.2, 0.25) is 0 Å². The van der Waals surface area contributed by atoms with E-state index in [1.54, 1.807) is 77.0 Å². The van der Waals surface area contributed by atoms with Crippen LogP contribution in [0, 0.1) is 20.8 Å². The molecule has 0 bridgehead atoms. The van der Waals surface area contributed by atoms with Crippen LogP contribution in [0.15, 0.2) is 0 Å². The van der Waals surface area contributed by atoms with E-state index in [-0.39, 0.29) is 23.8 Å². The second-order valence-electron chi connectivity index (χ2n) is 19.1. The molecular weight excluding hydrogens is 669 g/mol. The third kappa shape index (κ3) is 10.1. The number of hydrogen-bond donors (Lipinski definition) is 0. The molecule has 6 aliphatic rings. The average molecular weight is 751 g/mol. The molecule has 3 heteroatoms. The van der Waals surface area contributed by atoms with Crippen LogP contribution in [-0.2, 0) is 18.5 Å². The first-order valence-corrected chi connectivity index (χ1v) is 28.5. The first-order valence-electron chi connectivity index (χ1n) is 23.5. The topological polar surface area (TPSA) is 0 Å². The highest BCUT2D eigenvalue weighted by molar-refractivity contribution is 7.59. The summed E-state index contributed by atoms with van der Waals surface area (Å²) in [6.45, 7) is 8.10. The molecule has 6 fully saturated rings. The van der Waals surface area contributed by atoms with Crippen molar-refractivity contribution in [2.24, 2.45) is 0 Å². The molecule has 1 aromatic rings. The molecule has 0 spiro atoms. The minimum Gasteiger partial charge on any atom is -0.0958 e. The van der Waals surface area contributed by atoms with Crippen LogP contribution in [0.3, 0.4) is 0 Å². The zero-order valence-corrected chi connectivity index (χ0v) is 36.8. The molecule has 0 aliphatic heterocycles. The molecule has 0 amide bonds. The minimum absolute atomic E-state index is 0.0813. The summed E-state index contributed by atoms with van der Waals surface area (Å²) >= 11 is 0. The van der Waals surface area contributed by atoms with Crippen molar-refractivity contribution in [3.8, 4) is 0 Å². The van der Waals surface area contributed by atoms with Crippen LogP contribution in [0.1, 0.15) is 226 Å². The van der Waals surface area contributed by atoms with Gasteiger partial charge in [-0.15, -0.1) is 0 Å². The number of benzene rings is 1. The van der Waals surface area contributed by atoms with Gasteiger partial charge in [-0.3, -0.25) is 0 Å². The first kappa shape index (κ1) is 39.7. The van der Waals surface area contributed by atoms with Gasteiger partial charge in [0, 0.05) is 0 Å². The van der Waals surface area contributed by atoms with Crippen molar-refractivity contribution < 1.29 is 0 Å². The molecular formula is C48H81P3. The van der Waals surface area contributed by atoms with Crippen molar-refractivity contribution in [3.63, 3.8) is 0 Å². The van der Waals surface area contributed by atoms with Gasteiger partial charge in [-0.25, -0.2) is 0 Å². The maximum atomic E-state index is 2.70. The lowest BCUT2D eigenvalue weighted by molar-refractivity contribution is 0.483. The number of rotatable bonds is 12. The lowest BCUT2D eigenvalue weighted by Gasteiger charge is -2.42. The van der Waals surface area contributed by atoms with Gasteiger partial charge < -0.3 is 0 Å².